The van der Waals surface area contributed by atoms with Crippen molar-refractivity contribution in [2.75, 3.05) is 0 Å². The Hall–Kier alpha value is -2.39. The second kappa shape index (κ2) is 6.86. The molecule has 0 aliphatic heterocycles. The highest BCUT2D eigenvalue weighted by molar-refractivity contribution is 5.93. The first-order valence-corrected chi connectivity index (χ1v) is 6.95. The molecule has 21 heavy (non-hydrogen) atoms. The Labute approximate surface area is 125 Å². The van der Waals surface area contributed by atoms with Crippen LogP contribution in [0, 0.1) is 0 Å². The first kappa shape index (κ1) is 15.0. The molecule has 3 heteroatoms. The summed E-state index contributed by atoms with van der Waals surface area (Å²) in [6.07, 6.45) is 2.54. The van der Waals surface area contributed by atoms with E-state index in [1.807, 2.05) is 61.5 Å². The smallest absolute Gasteiger partial charge is 0.265 e. The van der Waals surface area contributed by atoms with Crippen LogP contribution < -0.4 is 10.9 Å². The Kier molecular flexibility index (Phi) is 4.90. The number of hydrazine groups is 1. The van der Waals surface area contributed by atoms with Crippen LogP contribution in [0.3, 0.4) is 0 Å². The van der Waals surface area contributed by atoms with E-state index in [4.69, 9.17) is 0 Å². The van der Waals surface area contributed by atoms with Crippen LogP contribution in [-0.4, -0.2) is 5.91 Å². The summed E-state index contributed by atoms with van der Waals surface area (Å²) >= 11 is 0. The molecule has 2 aromatic rings. The predicted octanol–water partition coefficient (Wildman–Crippen LogP) is 3.41. The zero-order valence-electron chi connectivity index (χ0n) is 12.2. The number of benzene rings is 2. The van der Waals surface area contributed by atoms with Gasteiger partial charge in [0.2, 0.25) is 0 Å². The van der Waals surface area contributed by atoms with Crippen molar-refractivity contribution < 1.29 is 4.79 Å². The highest BCUT2D eigenvalue weighted by atomic mass is 16.2. The lowest BCUT2D eigenvalue weighted by Gasteiger charge is -2.30. The van der Waals surface area contributed by atoms with E-state index in [0.29, 0.717) is 12.0 Å². The maximum absolute atomic E-state index is 12.1. The Balaban J connectivity index is 2.10. The van der Waals surface area contributed by atoms with Gasteiger partial charge in [-0.3, -0.25) is 10.2 Å². The van der Waals surface area contributed by atoms with Gasteiger partial charge in [0.05, 0.1) is 5.54 Å². The summed E-state index contributed by atoms with van der Waals surface area (Å²) in [6, 6.07) is 19.1. The minimum absolute atomic E-state index is 0.151. The quantitative estimate of drug-likeness (QED) is 0.629. The van der Waals surface area contributed by atoms with E-state index in [0.717, 1.165) is 5.56 Å². The maximum Gasteiger partial charge on any atom is 0.265 e. The Bertz CT molecular complexity index is 595. The van der Waals surface area contributed by atoms with Crippen LogP contribution in [0.2, 0.25) is 0 Å². The van der Waals surface area contributed by atoms with Crippen molar-refractivity contribution in [3.05, 3.63) is 84.4 Å². The van der Waals surface area contributed by atoms with Gasteiger partial charge in [-0.15, -0.1) is 6.58 Å². The van der Waals surface area contributed by atoms with E-state index in [-0.39, 0.29) is 5.91 Å². The SMILES string of the molecule is C=CCC(C)(NNC(=O)c1ccccc1)c1ccccc1. The summed E-state index contributed by atoms with van der Waals surface area (Å²) in [6.45, 7) is 5.84. The van der Waals surface area contributed by atoms with Gasteiger partial charge >= 0.3 is 0 Å². The molecule has 0 spiro atoms. The standard InChI is InChI=1S/C18H20N2O/c1-3-14-18(2,16-12-8-5-9-13-16)20-19-17(21)15-10-6-4-7-11-15/h3-13,20H,1,14H2,2H3,(H,19,21). The molecule has 108 valence electrons. The van der Waals surface area contributed by atoms with Crippen molar-refractivity contribution in [3.8, 4) is 0 Å². The van der Waals surface area contributed by atoms with Crippen LogP contribution in [-0.2, 0) is 5.54 Å². The van der Waals surface area contributed by atoms with Gasteiger partial charge in [-0.25, -0.2) is 5.43 Å². The number of nitrogens with one attached hydrogen (secondary N) is 2. The summed E-state index contributed by atoms with van der Waals surface area (Å²) in [5.41, 5.74) is 7.25. The predicted molar refractivity (Wildman–Crippen MR) is 85.7 cm³/mol. The molecule has 2 rings (SSSR count). The molecule has 0 radical (unpaired) electrons. The van der Waals surface area contributed by atoms with Crippen molar-refractivity contribution in [3.63, 3.8) is 0 Å². The van der Waals surface area contributed by atoms with E-state index < -0.39 is 5.54 Å². The van der Waals surface area contributed by atoms with Crippen molar-refractivity contribution in [1.82, 2.24) is 10.9 Å². The molecular weight excluding hydrogens is 260 g/mol. The second-order valence-corrected chi connectivity index (χ2v) is 5.14. The molecule has 3 nitrogen and oxygen atoms in total. The zero-order valence-corrected chi connectivity index (χ0v) is 12.2. The Morgan fingerprint density at radius 2 is 1.67 bits per heavy atom. The first-order valence-electron chi connectivity index (χ1n) is 6.95. The molecule has 0 aromatic heterocycles. The minimum atomic E-state index is -0.395. The lowest BCUT2D eigenvalue weighted by atomic mass is 9.89. The number of hydrogen-bond acceptors (Lipinski definition) is 2. The van der Waals surface area contributed by atoms with E-state index in [2.05, 4.69) is 17.4 Å². The van der Waals surface area contributed by atoms with Crippen LogP contribution in [0.1, 0.15) is 29.3 Å². The molecule has 0 fully saturated rings. The number of amides is 1. The van der Waals surface area contributed by atoms with Crippen LogP contribution in [0.25, 0.3) is 0 Å². The Morgan fingerprint density at radius 3 is 2.24 bits per heavy atom. The molecule has 2 N–H and O–H groups in total. The van der Waals surface area contributed by atoms with E-state index in [1.54, 1.807) is 12.1 Å². The van der Waals surface area contributed by atoms with Gasteiger partial charge in [0, 0.05) is 5.56 Å². The highest BCUT2D eigenvalue weighted by Gasteiger charge is 2.25. The lowest BCUT2D eigenvalue weighted by Crippen LogP contribution is -2.50. The molecule has 1 amide bonds. The zero-order chi connectivity index (χ0) is 15.1. The number of carbonyl (C=O) groups is 1. The number of rotatable bonds is 6. The van der Waals surface area contributed by atoms with Crippen LogP contribution in [0.15, 0.2) is 73.3 Å². The summed E-state index contributed by atoms with van der Waals surface area (Å²) in [7, 11) is 0. The van der Waals surface area contributed by atoms with E-state index in [1.165, 1.54) is 0 Å². The average Bonchev–Trinajstić information content (AvgIpc) is 2.54. The molecular formula is C18H20N2O. The Morgan fingerprint density at radius 1 is 1.10 bits per heavy atom. The van der Waals surface area contributed by atoms with E-state index in [9.17, 15) is 4.79 Å². The van der Waals surface area contributed by atoms with Gasteiger partial charge < -0.3 is 0 Å². The molecule has 2 aromatic carbocycles. The second-order valence-electron chi connectivity index (χ2n) is 5.14. The third-order valence-electron chi connectivity index (χ3n) is 3.45. The molecule has 0 heterocycles. The van der Waals surface area contributed by atoms with Crippen molar-refractivity contribution in [1.29, 1.82) is 0 Å². The molecule has 1 atom stereocenters. The van der Waals surface area contributed by atoms with Crippen LogP contribution >= 0.6 is 0 Å². The summed E-state index contributed by atoms with van der Waals surface area (Å²) in [5.74, 6) is -0.151. The molecule has 0 aliphatic carbocycles. The van der Waals surface area contributed by atoms with Gasteiger partial charge in [-0.05, 0) is 31.0 Å². The third kappa shape index (κ3) is 3.80. The van der Waals surface area contributed by atoms with Gasteiger partial charge in [0.25, 0.3) is 5.91 Å². The number of carbonyl (C=O) groups excluding carboxylic acids is 1. The van der Waals surface area contributed by atoms with E-state index >= 15 is 0 Å². The molecule has 0 bridgehead atoms. The van der Waals surface area contributed by atoms with Crippen LogP contribution in [0.5, 0.6) is 0 Å². The van der Waals surface area contributed by atoms with Crippen molar-refractivity contribution >= 4 is 5.91 Å². The largest absolute Gasteiger partial charge is 0.287 e. The van der Waals surface area contributed by atoms with Gasteiger partial charge in [-0.1, -0.05) is 54.6 Å². The lowest BCUT2D eigenvalue weighted by molar-refractivity contribution is 0.0907. The summed E-state index contributed by atoms with van der Waals surface area (Å²) < 4.78 is 0. The molecule has 1 unspecified atom stereocenters. The minimum Gasteiger partial charge on any atom is -0.287 e. The first-order chi connectivity index (χ1) is 10.2. The summed E-state index contributed by atoms with van der Waals surface area (Å²) in [5, 5.41) is 0. The average molecular weight is 280 g/mol. The third-order valence-corrected chi connectivity index (χ3v) is 3.45. The van der Waals surface area contributed by atoms with Crippen molar-refractivity contribution in [2.45, 2.75) is 18.9 Å². The fourth-order valence-electron chi connectivity index (χ4n) is 2.19. The normalized spacial score (nSPS) is 13.2. The summed E-state index contributed by atoms with van der Waals surface area (Å²) in [4.78, 5) is 12.1. The van der Waals surface area contributed by atoms with Crippen molar-refractivity contribution in [2.24, 2.45) is 0 Å². The fourth-order valence-corrected chi connectivity index (χ4v) is 2.19. The fraction of sp³-hybridized carbons (Fsp3) is 0.167. The topological polar surface area (TPSA) is 41.1 Å². The van der Waals surface area contributed by atoms with Crippen LogP contribution in [0.4, 0.5) is 0 Å². The maximum atomic E-state index is 12.1. The highest BCUT2D eigenvalue weighted by Crippen LogP contribution is 2.24. The van der Waals surface area contributed by atoms with Gasteiger partial charge in [-0.2, -0.15) is 0 Å². The number of hydrogen-bond donors (Lipinski definition) is 2. The molecule has 0 aliphatic rings. The van der Waals surface area contributed by atoms with Gasteiger partial charge in [0.1, 0.15) is 0 Å². The monoisotopic (exact) mass is 280 g/mol. The van der Waals surface area contributed by atoms with Gasteiger partial charge in [0.15, 0.2) is 0 Å². The molecule has 0 saturated heterocycles. The molecule has 0 saturated carbocycles.